The van der Waals surface area contributed by atoms with Crippen LogP contribution >= 0.6 is 0 Å². The minimum atomic E-state index is -0.427. The highest BCUT2D eigenvalue weighted by molar-refractivity contribution is 5.78. The fourth-order valence-electron chi connectivity index (χ4n) is 2.39. The van der Waals surface area contributed by atoms with Crippen LogP contribution in [0.25, 0.3) is 11.6 Å². The van der Waals surface area contributed by atoms with Crippen molar-refractivity contribution in [2.45, 2.75) is 26.3 Å². The molecule has 1 N–H and O–H groups in total. The Bertz CT molecular complexity index is 826. The second-order valence-corrected chi connectivity index (χ2v) is 6.03. The molecule has 25 heavy (non-hydrogen) atoms. The second-order valence-electron chi connectivity index (χ2n) is 6.03. The Morgan fingerprint density at radius 1 is 1.24 bits per heavy atom. The van der Waals surface area contributed by atoms with Gasteiger partial charge in [0.15, 0.2) is 5.76 Å². The number of aromatic nitrogens is 2. The lowest BCUT2D eigenvalue weighted by molar-refractivity contribution is -0.121. The summed E-state index contributed by atoms with van der Waals surface area (Å²) in [5.74, 6) is 0.646. The van der Waals surface area contributed by atoms with Gasteiger partial charge >= 0.3 is 0 Å². The second kappa shape index (κ2) is 7.29. The van der Waals surface area contributed by atoms with Crippen molar-refractivity contribution in [3.05, 3.63) is 59.9 Å². The van der Waals surface area contributed by atoms with E-state index in [9.17, 15) is 9.18 Å². The van der Waals surface area contributed by atoms with Crippen molar-refractivity contribution in [3.8, 4) is 11.6 Å². The molecule has 1 atom stereocenters. The van der Waals surface area contributed by atoms with Gasteiger partial charge in [-0.05, 0) is 35.7 Å². The first kappa shape index (κ1) is 16.9. The van der Waals surface area contributed by atoms with Gasteiger partial charge < -0.3 is 14.3 Å². The van der Waals surface area contributed by atoms with Gasteiger partial charge in [-0.2, -0.15) is 4.98 Å². The number of rotatable bonds is 6. The molecule has 0 radical (unpaired) electrons. The third-order valence-corrected chi connectivity index (χ3v) is 3.71. The Labute approximate surface area is 144 Å². The molecule has 7 heteroatoms. The Kier molecular flexibility index (Phi) is 4.92. The number of hydrogen-bond acceptors (Lipinski definition) is 5. The van der Waals surface area contributed by atoms with E-state index in [1.165, 1.54) is 18.4 Å². The third kappa shape index (κ3) is 4.12. The largest absolute Gasteiger partial charge is 0.461 e. The predicted molar refractivity (Wildman–Crippen MR) is 87.8 cm³/mol. The summed E-state index contributed by atoms with van der Waals surface area (Å²) < 4.78 is 23.5. The summed E-state index contributed by atoms with van der Waals surface area (Å²) in [4.78, 5) is 16.6. The number of hydrogen-bond donors (Lipinski definition) is 1. The van der Waals surface area contributed by atoms with E-state index >= 15 is 0 Å². The summed E-state index contributed by atoms with van der Waals surface area (Å²) in [7, 11) is 0. The lowest BCUT2D eigenvalue weighted by Crippen LogP contribution is -2.33. The first-order chi connectivity index (χ1) is 12.0. The molecular formula is C18H18FN3O3. The van der Waals surface area contributed by atoms with Gasteiger partial charge in [-0.25, -0.2) is 4.39 Å². The molecule has 3 aromatic rings. The van der Waals surface area contributed by atoms with E-state index in [0.717, 1.165) is 5.56 Å². The molecule has 0 saturated heterocycles. The van der Waals surface area contributed by atoms with Gasteiger partial charge in [-0.1, -0.05) is 31.1 Å². The number of nitrogens with one attached hydrogen (secondary N) is 1. The standard InChI is InChI=1S/C18H18FN3O3/c1-11(2)16(18-21-17(22-25-18)14-4-3-9-24-14)20-15(23)10-12-5-7-13(19)8-6-12/h3-9,11,16H,10H2,1-2H3,(H,20,23)/t16-/m0/s1. The molecule has 0 aliphatic heterocycles. The van der Waals surface area contributed by atoms with Crippen LogP contribution in [0.5, 0.6) is 0 Å². The van der Waals surface area contributed by atoms with Crippen molar-refractivity contribution in [2.75, 3.05) is 0 Å². The van der Waals surface area contributed by atoms with Crippen LogP contribution in [0.3, 0.4) is 0 Å². The lowest BCUT2D eigenvalue weighted by Gasteiger charge is -2.18. The molecule has 1 amide bonds. The van der Waals surface area contributed by atoms with Crippen molar-refractivity contribution in [1.82, 2.24) is 15.5 Å². The average Bonchev–Trinajstić information content (AvgIpc) is 3.25. The quantitative estimate of drug-likeness (QED) is 0.740. The minimum Gasteiger partial charge on any atom is -0.461 e. The maximum Gasteiger partial charge on any atom is 0.249 e. The fraction of sp³-hybridized carbons (Fsp3) is 0.278. The molecule has 0 aliphatic rings. The molecule has 0 unspecified atom stereocenters. The van der Waals surface area contributed by atoms with Crippen molar-refractivity contribution in [1.29, 1.82) is 0 Å². The van der Waals surface area contributed by atoms with Crippen LogP contribution in [0, 0.1) is 11.7 Å². The number of carbonyl (C=O) groups excluding carboxylic acids is 1. The van der Waals surface area contributed by atoms with Crippen LogP contribution in [0.1, 0.15) is 31.3 Å². The molecule has 130 valence electrons. The van der Waals surface area contributed by atoms with Crippen LogP contribution in [0.15, 0.2) is 51.6 Å². The summed E-state index contributed by atoms with van der Waals surface area (Å²) >= 11 is 0. The van der Waals surface area contributed by atoms with Crippen LogP contribution in [-0.4, -0.2) is 16.0 Å². The number of furan rings is 1. The molecule has 2 aromatic heterocycles. The molecule has 0 aliphatic carbocycles. The van der Waals surface area contributed by atoms with Crippen molar-refractivity contribution in [3.63, 3.8) is 0 Å². The van der Waals surface area contributed by atoms with Gasteiger partial charge in [-0.15, -0.1) is 0 Å². The van der Waals surface area contributed by atoms with Crippen LogP contribution in [0.4, 0.5) is 4.39 Å². The molecule has 0 saturated carbocycles. The van der Waals surface area contributed by atoms with E-state index in [2.05, 4.69) is 15.5 Å². The fourth-order valence-corrected chi connectivity index (χ4v) is 2.39. The minimum absolute atomic E-state index is 0.0436. The van der Waals surface area contributed by atoms with E-state index in [-0.39, 0.29) is 24.1 Å². The van der Waals surface area contributed by atoms with E-state index in [1.807, 2.05) is 13.8 Å². The molecule has 0 fully saturated rings. The molecular weight excluding hydrogens is 325 g/mol. The smallest absolute Gasteiger partial charge is 0.249 e. The number of halogens is 1. The van der Waals surface area contributed by atoms with E-state index in [1.54, 1.807) is 24.3 Å². The van der Waals surface area contributed by atoms with E-state index in [4.69, 9.17) is 8.94 Å². The Balaban J connectivity index is 1.71. The van der Waals surface area contributed by atoms with Gasteiger partial charge in [0.05, 0.1) is 12.7 Å². The number of nitrogens with zero attached hydrogens (tertiary/aromatic N) is 2. The molecule has 6 nitrogen and oxygen atoms in total. The average molecular weight is 343 g/mol. The molecule has 0 bridgehead atoms. The number of carbonyl (C=O) groups is 1. The van der Waals surface area contributed by atoms with Crippen molar-refractivity contribution >= 4 is 5.91 Å². The van der Waals surface area contributed by atoms with Crippen LogP contribution in [-0.2, 0) is 11.2 Å². The van der Waals surface area contributed by atoms with Crippen LogP contribution in [0.2, 0.25) is 0 Å². The Hall–Kier alpha value is -2.96. The van der Waals surface area contributed by atoms with Crippen molar-refractivity contribution in [2.24, 2.45) is 5.92 Å². The highest BCUT2D eigenvalue weighted by Gasteiger charge is 2.25. The topological polar surface area (TPSA) is 81.2 Å². The molecule has 1 aromatic carbocycles. The summed E-state index contributed by atoms with van der Waals surface area (Å²) in [6.07, 6.45) is 1.67. The summed E-state index contributed by atoms with van der Waals surface area (Å²) in [5, 5.41) is 6.79. The first-order valence-electron chi connectivity index (χ1n) is 7.94. The van der Waals surface area contributed by atoms with Gasteiger partial charge in [-0.3, -0.25) is 4.79 Å². The summed E-state index contributed by atoms with van der Waals surface area (Å²) in [5.41, 5.74) is 0.725. The SMILES string of the molecule is CC(C)[C@H](NC(=O)Cc1ccc(F)cc1)c1nc(-c2ccco2)no1. The van der Waals surface area contributed by atoms with Crippen LogP contribution < -0.4 is 5.32 Å². The number of amides is 1. The van der Waals surface area contributed by atoms with Gasteiger partial charge in [0.25, 0.3) is 0 Å². The zero-order valence-electron chi connectivity index (χ0n) is 13.9. The third-order valence-electron chi connectivity index (χ3n) is 3.71. The molecule has 3 rings (SSSR count). The maximum absolute atomic E-state index is 12.9. The highest BCUT2D eigenvalue weighted by atomic mass is 19.1. The van der Waals surface area contributed by atoms with Crippen molar-refractivity contribution < 1.29 is 18.1 Å². The normalized spacial score (nSPS) is 12.3. The predicted octanol–water partition coefficient (Wildman–Crippen LogP) is 3.52. The zero-order valence-corrected chi connectivity index (χ0v) is 13.9. The maximum atomic E-state index is 12.9. The van der Waals surface area contributed by atoms with Gasteiger partial charge in [0.1, 0.15) is 11.9 Å². The summed E-state index contributed by atoms with van der Waals surface area (Å²) in [6.45, 7) is 3.89. The first-order valence-corrected chi connectivity index (χ1v) is 7.94. The zero-order chi connectivity index (χ0) is 17.8. The Morgan fingerprint density at radius 2 is 2.00 bits per heavy atom. The van der Waals surface area contributed by atoms with E-state index in [0.29, 0.717) is 17.5 Å². The molecule has 0 spiro atoms. The number of benzene rings is 1. The Morgan fingerprint density at radius 3 is 2.64 bits per heavy atom. The van der Waals surface area contributed by atoms with Gasteiger partial charge in [0.2, 0.25) is 17.6 Å². The molecule has 2 heterocycles. The summed E-state index contributed by atoms with van der Waals surface area (Å²) in [6, 6.07) is 8.86. The van der Waals surface area contributed by atoms with Gasteiger partial charge in [0, 0.05) is 0 Å². The lowest BCUT2D eigenvalue weighted by atomic mass is 10.0. The monoisotopic (exact) mass is 343 g/mol. The van der Waals surface area contributed by atoms with E-state index < -0.39 is 6.04 Å². The highest BCUT2D eigenvalue weighted by Crippen LogP contribution is 2.23.